The molecular weight excluding hydrogens is 265 g/mol. The Morgan fingerprint density at radius 1 is 1.19 bits per heavy atom. The Morgan fingerprint density at radius 3 is 2.25 bits per heavy atom. The van der Waals surface area contributed by atoms with E-state index in [1.807, 2.05) is 0 Å². The first-order valence-electron chi connectivity index (χ1n) is 3.99. The molecule has 0 atom stereocenters. The van der Waals surface area contributed by atoms with Crippen LogP contribution in [0.2, 0.25) is 0 Å². The summed E-state index contributed by atoms with van der Waals surface area (Å²) < 4.78 is 58.5. The van der Waals surface area contributed by atoms with E-state index in [0.29, 0.717) is 5.41 Å². The molecule has 16 heavy (non-hydrogen) atoms. The quantitative estimate of drug-likeness (QED) is 0.773. The fourth-order valence-electron chi connectivity index (χ4n) is 1.06. The number of halogens is 4. The van der Waals surface area contributed by atoms with Crippen molar-refractivity contribution in [1.29, 1.82) is 0 Å². The van der Waals surface area contributed by atoms with Crippen molar-refractivity contribution in [3.05, 3.63) is 40.8 Å². The lowest BCUT2D eigenvalue weighted by Crippen LogP contribution is -2.06. The van der Waals surface area contributed by atoms with Crippen molar-refractivity contribution in [2.24, 2.45) is 0 Å². The second-order valence-electron chi connectivity index (χ2n) is 2.86. The Morgan fingerprint density at radius 2 is 1.75 bits per heavy atom. The number of alkyl halides is 3. The summed E-state index contributed by atoms with van der Waals surface area (Å²) in [6, 6.07) is 4.60. The van der Waals surface area contributed by atoms with Gasteiger partial charge in [0.25, 0.3) is 9.05 Å². The predicted octanol–water partition coefficient (Wildman–Crippen LogP) is 3.24. The normalized spacial score (nSPS) is 13.2. The number of rotatable bonds is 2. The molecule has 7 heteroatoms. The fraction of sp³-hybridized carbons (Fsp3) is 0.111. The Hall–Kier alpha value is -1.01. The number of benzene rings is 1. The van der Waals surface area contributed by atoms with Gasteiger partial charge in [0, 0.05) is 16.1 Å². The van der Waals surface area contributed by atoms with Gasteiger partial charge in [-0.3, -0.25) is 0 Å². The molecule has 0 fully saturated rings. The lowest BCUT2D eigenvalue weighted by atomic mass is 10.1. The van der Waals surface area contributed by atoms with Crippen LogP contribution in [0.25, 0.3) is 6.08 Å². The van der Waals surface area contributed by atoms with Crippen LogP contribution in [0.5, 0.6) is 0 Å². The van der Waals surface area contributed by atoms with Crippen molar-refractivity contribution in [2.45, 2.75) is 6.18 Å². The molecule has 0 aliphatic carbocycles. The second kappa shape index (κ2) is 4.47. The standard InChI is InChI=1S/C9H6ClF3O2S/c10-16(14,15)6-5-7-3-1-2-4-8(7)9(11,12)13/h1-6H. The molecule has 0 N–H and O–H groups in total. The molecule has 0 spiro atoms. The van der Waals surface area contributed by atoms with Crippen LogP contribution in [0.1, 0.15) is 11.1 Å². The third-order valence-corrected chi connectivity index (χ3v) is 2.45. The molecule has 0 bridgehead atoms. The Balaban J connectivity index is 3.21. The molecule has 0 aliphatic heterocycles. The summed E-state index contributed by atoms with van der Waals surface area (Å²) in [6.45, 7) is 0. The maximum Gasteiger partial charge on any atom is 0.416 e. The lowest BCUT2D eigenvalue weighted by molar-refractivity contribution is -0.137. The Labute approximate surface area is 94.8 Å². The molecule has 0 aliphatic rings. The van der Waals surface area contributed by atoms with Crippen LogP contribution in [0, 0.1) is 0 Å². The number of hydrogen-bond acceptors (Lipinski definition) is 2. The zero-order valence-electron chi connectivity index (χ0n) is 7.70. The van der Waals surface area contributed by atoms with Crippen molar-refractivity contribution in [3.8, 4) is 0 Å². The van der Waals surface area contributed by atoms with Crippen molar-refractivity contribution < 1.29 is 21.6 Å². The van der Waals surface area contributed by atoms with Crippen LogP contribution in [-0.4, -0.2) is 8.42 Å². The van der Waals surface area contributed by atoms with E-state index in [-0.39, 0.29) is 5.56 Å². The molecule has 0 amide bonds. The van der Waals surface area contributed by atoms with Crippen LogP contribution in [-0.2, 0) is 15.2 Å². The molecule has 0 radical (unpaired) electrons. The molecule has 0 aromatic heterocycles. The van der Waals surface area contributed by atoms with Gasteiger partial charge in [-0.05, 0) is 17.7 Å². The van der Waals surface area contributed by atoms with Crippen molar-refractivity contribution >= 4 is 25.8 Å². The third kappa shape index (κ3) is 3.86. The van der Waals surface area contributed by atoms with Crippen LogP contribution in [0.4, 0.5) is 13.2 Å². The SMILES string of the molecule is O=S(=O)(Cl)C=Cc1ccccc1C(F)(F)F. The Kier molecular flexibility index (Phi) is 3.64. The molecule has 0 saturated heterocycles. The number of hydrogen-bond donors (Lipinski definition) is 0. The highest BCUT2D eigenvalue weighted by atomic mass is 35.7. The van der Waals surface area contributed by atoms with Crippen LogP contribution < -0.4 is 0 Å². The summed E-state index contributed by atoms with van der Waals surface area (Å²) >= 11 is 0. The van der Waals surface area contributed by atoms with E-state index >= 15 is 0 Å². The molecule has 0 heterocycles. The van der Waals surface area contributed by atoms with E-state index in [2.05, 4.69) is 0 Å². The minimum absolute atomic E-state index is 0.251. The van der Waals surface area contributed by atoms with Gasteiger partial charge >= 0.3 is 6.18 Å². The summed E-state index contributed by atoms with van der Waals surface area (Å²) in [6.07, 6.45) is -3.72. The van der Waals surface area contributed by atoms with E-state index in [1.165, 1.54) is 12.1 Å². The molecular formula is C9H6ClF3O2S. The zero-order chi connectivity index (χ0) is 12.4. The highest BCUT2D eigenvalue weighted by Gasteiger charge is 2.32. The first-order valence-corrected chi connectivity index (χ1v) is 6.36. The average Bonchev–Trinajstić information content (AvgIpc) is 2.12. The van der Waals surface area contributed by atoms with Gasteiger partial charge in [0.15, 0.2) is 0 Å². The van der Waals surface area contributed by atoms with E-state index < -0.39 is 20.8 Å². The van der Waals surface area contributed by atoms with Crippen LogP contribution in [0.15, 0.2) is 29.7 Å². The van der Waals surface area contributed by atoms with Gasteiger partial charge in [-0.25, -0.2) is 8.42 Å². The molecule has 2 nitrogen and oxygen atoms in total. The second-order valence-corrected chi connectivity index (χ2v) is 5.38. The zero-order valence-corrected chi connectivity index (χ0v) is 9.27. The van der Waals surface area contributed by atoms with Gasteiger partial charge in [0.2, 0.25) is 0 Å². The Bertz CT molecular complexity index is 506. The van der Waals surface area contributed by atoms with E-state index in [1.54, 1.807) is 0 Å². The van der Waals surface area contributed by atoms with Gasteiger partial charge in [0.1, 0.15) is 0 Å². The van der Waals surface area contributed by atoms with Gasteiger partial charge in [-0.15, -0.1) is 0 Å². The largest absolute Gasteiger partial charge is 0.416 e. The topological polar surface area (TPSA) is 34.1 Å². The monoisotopic (exact) mass is 270 g/mol. The van der Waals surface area contributed by atoms with Gasteiger partial charge in [0.05, 0.1) is 5.56 Å². The van der Waals surface area contributed by atoms with Gasteiger partial charge in [-0.1, -0.05) is 18.2 Å². The van der Waals surface area contributed by atoms with Crippen LogP contribution >= 0.6 is 10.7 Å². The first-order chi connectivity index (χ1) is 7.20. The fourth-order valence-corrected chi connectivity index (χ4v) is 1.52. The maximum atomic E-state index is 12.5. The van der Waals surface area contributed by atoms with Gasteiger partial charge < -0.3 is 0 Å². The van der Waals surface area contributed by atoms with E-state index in [4.69, 9.17) is 10.7 Å². The van der Waals surface area contributed by atoms with Gasteiger partial charge in [-0.2, -0.15) is 13.2 Å². The predicted molar refractivity (Wildman–Crippen MR) is 55.3 cm³/mol. The average molecular weight is 271 g/mol. The van der Waals surface area contributed by atoms with Crippen molar-refractivity contribution in [3.63, 3.8) is 0 Å². The smallest absolute Gasteiger partial charge is 0.208 e. The van der Waals surface area contributed by atoms with Crippen molar-refractivity contribution in [1.82, 2.24) is 0 Å². The molecule has 0 unspecified atom stereocenters. The van der Waals surface area contributed by atoms with E-state index in [9.17, 15) is 21.6 Å². The summed E-state index contributed by atoms with van der Waals surface area (Å²) in [4.78, 5) is 0. The first kappa shape index (κ1) is 13.1. The molecule has 88 valence electrons. The lowest BCUT2D eigenvalue weighted by Gasteiger charge is -2.09. The van der Waals surface area contributed by atoms with Crippen LogP contribution in [0.3, 0.4) is 0 Å². The molecule has 1 aromatic carbocycles. The maximum absolute atomic E-state index is 12.5. The minimum Gasteiger partial charge on any atom is -0.208 e. The minimum atomic E-state index is -4.53. The van der Waals surface area contributed by atoms with E-state index in [0.717, 1.165) is 18.2 Å². The molecule has 1 aromatic rings. The summed E-state index contributed by atoms with van der Waals surface area (Å²) in [7, 11) is 0.894. The summed E-state index contributed by atoms with van der Waals surface area (Å²) in [5.41, 5.74) is -1.16. The van der Waals surface area contributed by atoms with Crippen molar-refractivity contribution in [2.75, 3.05) is 0 Å². The highest BCUT2D eigenvalue weighted by Crippen LogP contribution is 2.32. The summed E-state index contributed by atoms with van der Waals surface area (Å²) in [5, 5.41) is 0.513. The summed E-state index contributed by atoms with van der Waals surface area (Å²) in [5.74, 6) is 0. The highest BCUT2D eigenvalue weighted by molar-refractivity contribution is 8.16. The third-order valence-electron chi connectivity index (χ3n) is 1.68. The molecule has 1 rings (SSSR count). The molecule has 0 saturated carbocycles.